The van der Waals surface area contributed by atoms with Gasteiger partial charge in [-0.25, -0.2) is 9.59 Å². The second-order valence-electron chi connectivity index (χ2n) is 6.23. The summed E-state index contributed by atoms with van der Waals surface area (Å²) in [5.74, 6) is 0.142. The lowest BCUT2D eigenvalue weighted by molar-refractivity contribution is -0.144. The van der Waals surface area contributed by atoms with Gasteiger partial charge < -0.3 is 14.2 Å². The minimum absolute atomic E-state index is 0.179. The lowest BCUT2D eigenvalue weighted by atomic mass is 10.0. The molecule has 0 N–H and O–H groups in total. The molecular formula is C26H26O5. The van der Waals surface area contributed by atoms with E-state index in [0.29, 0.717) is 17.1 Å². The number of ether oxygens (including phenoxy) is 3. The molecule has 0 fully saturated rings. The predicted octanol–water partition coefficient (Wildman–Crippen LogP) is 5.97. The maximum atomic E-state index is 12.3. The summed E-state index contributed by atoms with van der Waals surface area (Å²) in [5, 5.41) is 0. The van der Waals surface area contributed by atoms with Gasteiger partial charge in [-0.05, 0) is 54.4 Å². The zero-order valence-corrected chi connectivity index (χ0v) is 18.0. The van der Waals surface area contributed by atoms with Gasteiger partial charge in [0.15, 0.2) is 0 Å². The topological polar surface area (TPSA) is 61.8 Å². The summed E-state index contributed by atoms with van der Waals surface area (Å²) in [4.78, 5) is 23.3. The number of hydrogen-bond acceptors (Lipinski definition) is 5. The zero-order valence-electron chi connectivity index (χ0n) is 18.0. The van der Waals surface area contributed by atoms with E-state index < -0.39 is 11.9 Å². The highest BCUT2D eigenvalue weighted by Crippen LogP contribution is 2.23. The third kappa shape index (κ3) is 7.16. The summed E-state index contributed by atoms with van der Waals surface area (Å²) >= 11 is 0. The smallest absolute Gasteiger partial charge is 0.343 e. The molecule has 0 bridgehead atoms. The number of benzene rings is 3. The van der Waals surface area contributed by atoms with Crippen LogP contribution in [0.4, 0.5) is 0 Å². The van der Waals surface area contributed by atoms with Crippen molar-refractivity contribution in [2.45, 2.75) is 20.8 Å². The molecule has 3 aromatic carbocycles. The molecule has 5 nitrogen and oxygen atoms in total. The van der Waals surface area contributed by atoms with Crippen LogP contribution in [0.1, 0.15) is 29.8 Å². The normalized spacial score (nSPS) is 9.65. The Hall–Kier alpha value is -3.86. The summed E-state index contributed by atoms with van der Waals surface area (Å²) in [6.45, 7) is 9.11. The van der Waals surface area contributed by atoms with Crippen molar-refractivity contribution >= 4 is 11.9 Å². The molecule has 0 aliphatic rings. The van der Waals surface area contributed by atoms with Gasteiger partial charge in [-0.2, -0.15) is 0 Å². The van der Waals surface area contributed by atoms with Crippen molar-refractivity contribution in [1.29, 1.82) is 0 Å². The monoisotopic (exact) mass is 418 g/mol. The Bertz CT molecular complexity index is 987. The second kappa shape index (κ2) is 12.0. The molecule has 0 aliphatic carbocycles. The van der Waals surface area contributed by atoms with Crippen LogP contribution in [0.15, 0.2) is 85.5 Å². The largest absolute Gasteiger partial charge is 0.457 e. The fraction of sp³-hybridized carbons (Fsp3) is 0.154. The molecule has 3 rings (SSSR count). The van der Waals surface area contributed by atoms with Crippen LogP contribution in [-0.4, -0.2) is 18.7 Å². The van der Waals surface area contributed by atoms with Crippen LogP contribution in [-0.2, 0) is 9.53 Å². The molecule has 0 saturated carbocycles. The predicted molar refractivity (Wildman–Crippen MR) is 121 cm³/mol. The average Bonchev–Trinajstić information content (AvgIpc) is 2.82. The summed E-state index contributed by atoms with van der Waals surface area (Å²) in [7, 11) is 0. The summed E-state index contributed by atoms with van der Waals surface area (Å²) < 4.78 is 15.5. The number of carbonyl (C=O) groups excluding carboxylic acids is 2. The van der Waals surface area contributed by atoms with Crippen molar-refractivity contribution in [1.82, 2.24) is 0 Å². The second-order valence-corrected chi connectivity index (χ2v) is 6.23. The van der Waals surface area contributed by atoms with E-state index in [0.717, 1.165) is 22.8 Å². The molecule has 0 radical (unpaired) electrons. The van der Waals surface area contributed by atoms with Gasteiger partial charge in [-0.15, -0.1) is 0 Å². The SMILES string of the molecule is C=CC(=O)OCOc1ccc(-c2ccc(C(=O)Oc3ccc(C)cc3)cc2)cc1.CC. The van der Waals surface area contributed by atoms with E-state index in [1.165, 1.54) is 0 Å². The fourth-order valence-electron chi connectivity index (χ4n) is 2.53. The molecule has 3 aromatic rings. The van der Waals surface area contributed by atoms with Crippen LogP contribution < -0.4 is 9.47 Å². The molecular weight excluding hydrogens is 392 g/mol. The van der Waals surface area contributed by atoms with Crippen molar-refractivity contribution in [3.05, 3.63) is 96.6 Å². The molecule has 0 aromatic heterocycles. The minimum Gasteiger partial charge on any atom is -0.457 e. The molecule has 0 aliphatic heterocycles. The number of carbonyl (C=O) groups is 2. The van der Waals surface area contributed by atoms with E-state index in [1.807, 2.05) is 57.2 Å². The quantitative estimate of drug-likeness (QED) is 0.205. The highest BCUT2D eigenvalue weighted by molar-refractivity contribution is 5.91. The van der Waals surface area contributed by atoms with Gasteiger partial charge in [-0.3, -0.25) is 0 Å². The maximum absolute atomic E-state index is 12.3. The van der Waals surface area contributed by atoms with E-state index in [9.17, 15) is 9.59 Å². The lowest BCUT2D eigenvalue weighted by Crippen LogP contribution is -2.08. The highest BCUT2D eigenvalue weighted by atomic mass is 16.7. The van der Waals surface area contributed by atoms with Gasteiger partial charge >= 0.3 is 11.9 Å². The van der Waals surface area contributed by atoms with Gasteiger partial charge in [0.05, 0.1) is 5.56 Å². The van der Waals surface area contributed by atoms with Gasteiger partial charge in [0.2, 0.25) is 6.79 Å². The van der Waals surface area contributed by atoms with Crippen molar-refractivity contribution < 1.29 is 23.8 Å². The average molecular weight is 418 g/mol. The molecule has 0 atom stereocenters. The molecule has 0 saturated heterocycles. The van der Waals surface area contributed by atoms with E-state index in [1.54, 1.807) is 36.4 Å². The van der Waals surface area contributed by atoms with Crippen LogP contribution in [0, 0.1) is 6.92 Å². The van der Waals surface area contributed by atoms with Gasteiger partial charge in [0, 0.05) is 6.08 Å². The number of esters is 2. The first-order valence-corrected chi connectivity index (χ1v) is 9.96. The van der Waals surface area contributed by atoms with Crippen molar-refractivity contribution in [3.8, 4) is 22.6 Å². The standard InChI is InChI=1S/C24H20O5.C2H6/c1-3-23(25)28-16-27-21-14-10-19(11-15-21)18-6-8-20(9-7-18)24(26)29-22-12-4-17(2)5-13-22;1-2/h3-15H,1,16H2,2H3;1-2H3. The molecule has 0 amide bonds. The van der Waals surface area contributed by atoms with Crippen LogP contribution in [0.5, 0.6) is 11.5 Å². The minimum atomic E-state index is -0.539. The summed E-state index contributed by atoms with van der Waals surface area (Å²) in [6, 6.07) is 21.8. The number of rotatable bonds is 7. The van der Waals surface area contributed by atoms with Crippen LogP contribution >= 0.6 is 0 Å². The Morgan fingerprint density at radius 1 is 0.806 bits per heavy atom. The van der Waals surface area contributed by atoms with E-state index in [2.05, 4.69) is 6.58 Å². The Kier molecular flexibility index (Phi) is 9.05. The van der Waals surface area contributed by atoms with Crippen molar-refractivity contribution in [3.63, 3.8) is 0 Å². The maximum Gasteiger partial charge on any atom is 0.343 e. The highest BCUT2D eigenvalue weighted by Gasteiger charge is 2.09. The van der Waals surface area contributed by atoms with E-state index in [-0.39, 0.29) is 6.79 Å². The molecule has 0 spiro atoms. The fourth-order valence-corrected chi connectivity index (χ4v) is 2.53. The first-order chi connectivity index (χ1) is 15.0. The number of hydrogen-bond donors (Lipinski definition) is 0. The molecule has 160 valence electrons. The van der Waals surface area contributed by atoms with Gasteiger partial charge in [0.25, 0.3) is 0 Å². The van der Waals surface area contributed by atoms with Gasteiger partial charge in [-0.1, -0.05) is 62.4 Å². The van der Waals surface area contributed by atoms with Crippen molar-refractivity contribution in [2.75, 3.05) is 6.79 Å². The third-order valence-electron chi connectivity index (χ3n) is 4.13. The van der Waals surface area contributed by atoms with Crippen LogP contribution in [0.2, 0.25) is 0 Å². The Labute approximate surface area is 182 Å². The van der Waals surface area contributed by atoms with Crippen LogP contribution in [0.3, 0.4) is 0 Å². The van der Waals surface area contributed by atoms with Crippen LogP contribution in [0.25, 0.3) is 11.1 Å². The zero-order chi connectivity index (χ0) is 22.6. The molecule has 31 heavy (non-hydrogen) atoms. The van der Waals surface area contributed by atoms with E-state index >= 15 is 0 Å². The summed E-state index contributed by atoms with van der Waals surface area (Å²) in [5.41, 5.74) is 3.47. The van der Waals surface area contributed by atoms with E-state index in [4.69, 9.17) is 14.2 Å². The Morgan fingerprint density at radius 2 is 1.32 bits per heavy atom. The Balaban J connectivity index is 0.00000166. The molecule has 0 heterocycles. The third-order valence-corrected chi connectivity index (χ3v) is 4.13. The molecule has 5 heteroatoms. The summed E-state index contributed by atoms with van der Waals surface area (Å²) in [6.07, 6.45) is 1.08. The first kappa shape index (κ1) is 23.4. The Morgan fingerprint density at radius 3 is 1.87 bits per heavy atom. The molecule has 0 unspecified atom stereocenters. The van der Waals surface area contributed by atoms with Crippen molar-refractivity contribution in [2.24, 2.45) is 0 Å². The first-order valence-electron chi connectivity index (χ1n) is 9.96. The lowest BCUT2D eigenvalue weighted by Gasteiger charge is -2.08. The number of aryl methyl sites for hydroxylation is 1. The van der Waals surface area contributed by atoms with Gasteiger partial charge in [0.1, 0.15) is 11.5 Å².